The van der Waals surface area contributed by atoms with Gasteiger partial charge < -0.3 is 10.6 Å². The number of benzene rings is 1. The van der Waals surface area contributed by atoms with Crippen molar-refractivity contribution < 1.29 is 0 Å². The highest BCUT2D eigenvalue weighted by atomic mass is 35.5. The zero-order valence-electron chi connectivity index (χ0n) is 15.3. The van der Waals surface area contributed by atoms with Gasteiger partial charge in [-0.1, -0.05) is 41.0 Å². The number of hydrogen-bond donors (Lipinski definition) is 1. The molecule has 5 nitrogen and oxygen atoms in total. The molecule has 5 rings (SSSR count). The van der Waals surface area contributed by atoms with Crippen LogP contribution in [0, 0.1) is 5.41 Å². The van der Waals surface area contributed by atoms with Crippen LogP contribution in [0.2, 0.25) is 10.0 Å². The molecule has 0 radical (unpaired) electrons. The van der Waals surface area contributed by atoms with E-state index in [-0.39, 0.29) is 0 Å². The minimum Gasteiger partial charge on any atom is -0.341 e. The predicted molar refractivity (Wildman–Crippen MR) is 115 cm³/mol. The minimum absolute atomic E-state index is 0.349. The standard InChI is InChI=1S/C20H21Cl2N5S/c21-14-2-1-3-15(17(14)22)28-16-11-25-19(27-9-7-24-18(16)27)26-8-6-20(12-26)5-4-13(23)10-20/h1-3,7,9,11,13H,4-6,8,10,12,23H2/t13-,20?/m1/s1. The number of halogens is 2. The summed E-state index contributed by atoms with van der Waals surface area (Å²) in [4.78, 5) is 13.6. The lowest BCUT2D eigenvalue weighted by atomic mass is 9.85. The molecule has 146 valence electrons. The van der Waals surface area contributed by atoms with Crippen molar-refractivity contribution in [2.75, 3.05) is 18.0 Å². The maximum atomic E-state index is 6.37. The Bertz CT molecular complexity index is 1040. The minimum atomic E-state index is 0.349. The highest BCUT2D eigenvalue weighted by Gasteiger charge is 2.43. The molecule has 1 aliphatic carbocycles. The first-order chi connectivity index (χ1) is 13.5. The Balaban J connectivity index is 1.46. The Hall–Kier alpha value is -1.47. The van der Waals surface area contributed by atoms with Crippen LogP contribution in [0.5, 0.6) is 0 Å². The number of imidazole rings is 1. The number of nitrogens with two attached hydrogens (primary N) is 1. The van der Waals surface area contributed by atoms with E-state index in [1.165, 1.54) is 24.6 Å². The van der Waals surface area contributed by atoms with E-state index in [1.807, 2.05) is 30.7 Å². The monoisotopic (exact) mass is 433 g/mol. The third kappa shape index (κ3) is 3.16. The van der Waals surface area contributed by atoms with Crippen molar-refractivity contribution in [2.45, 2.75) is 41.5 Å². The molecule has 1 spiro atoms. The number of aromatic nitrogens is 3. The lowest BCUT2D eigenvalue weighted by Gasteiger charge is -2.25. The van der Waals surface area contributed by atoms with Crippen LogP contribution in [0.15, 0.2) is 46.6 Å². The van der Waals surface area contributed by atoms with E-state index in [1.54, 1.807) is 6.07 Å². The zero-order chi connectivity index (χ0) is 19.3. The summed E-state index contributed by atoms with van der Waals surface area (Å²) in [5, 5.41) is 1.11. The lowest BCUT2D eigenvalue weighted by molar-refractivity contribution is 0.335. The molecule has 2 fully saturated rings. The van der Waals surface area contributed by atoms with Crippen molar-refractivity contribution in [1.29, 1.82) is 0 Å². The SMILES string of the molecule is N[C@@H]1CCC2(CCN(c3ncc(Sc4cccc(Cl)c4Cl)c4nccn34)C2)C1. The van der Waals surface area contributed by atoms with Gasteiger partial charge in [-0.25, -0.2) is 9.97 Å². The van der Waals surface area contributed by atoms with Gasteiger partial charge in [0.2, 0.25) is 5.95 Å². The Kier molecular flexibility index (Phi) is 4.70. The zero-order valence-corrected chi connectivity index (χ0v) is 17.6. The second-order valence-corrected chi connectivity index (χ2v) is 9.74. The molecule has 2 aliphatic rings. The van der Waals surface area contributed by atoms with Crippen LogP contribution in [0.25, 0.3) is 5.65 Å². The second-order valence-electron chi connectivity index (χ2n) is 7.87. The Morgan fingerprint density at radius 2 is 2.07 bits per heavy atom. The van der Waals surface area contributed by atoms with Gasteiger partial charge in [0, 0.05) is 42.6 Å². The summed E-state index contributed by atoms with van der Waals surface area (Å²) in [5.74, 6) is 0.950. The highest BCUT2D eigenvalue weighted by Crippen LogP contribution is 2.46. The van der Waals surface area contributed by atoms with Gasteiger partial charge >= 0.3 is 0 Å². The van der Waals surface area contributed by atoms with Crippen LogP contribution >= 0.6 is 35.0 Å². The second kappa shape index (κ2) is 7.10. The molecule has 2 atom stereocenters. The normalized spacial score (nSPS) is 24.7. The van der Waals surface area contributed by atoms with Crippen molar-refractivity contribution >= 4 is 46.6 Å². The van der Waals surface area contributed by atoms with Crippen LogP contribution < -0.4 is 10.6 Å². The van der Waals surface area contributed by atoms with Gasteiger partial charge in [0.1, 0.15) is 0 Å². The average molecular weight is 434 g/mol. The third-order valence-corrected chi connectivity index (χ3v) is 7.97. The summed E-state index contributed by atoms with van der Waals surface area (Å²) in [6.07, 6.45) is 10.4. The number of hydrogen-bond acceptors (Lipinski definition) is 5. The largest absolute Gasteiger partial charge is 0.341 e. The summed E-state index contributed by atoms with van der Waals surface area (Å²) in [6.45, 7) is 2.03. The van der Waals surface area contributed by atoms with E-state index in [2.05, 4.69) is 14.3 Å². The Morgan fingerprint density at radius 3 is 2.89 bits per heavy atom. The van der Waals surface area contributed by atoms with E-state index in [9.17, 15) is 0 Å². The van der Waals surface area contributed by atoms with E-state index < -0.39 is 0 Å². The number of rotatable bonds is 3. The molecular formula is C20H21Cl2N5S. The summed E-state index contributed by atoms with van der Waals surface area (Å²) < 4.78 is 2.08. The molecule has 1 unspecified atom stereocenters. The Labute approximate surface area is 178 Å². The first-order valence-corrected chi connectivity index (χ1v) is 11.1. The molecule has 1 aromatic carbocycles. The summed E-state index contributed by atoms with van der Waals surface area (Å²) >= 11 is 14.1. The number of fused-ring (bicyclic) bond motifs is 1. The molecule has 0 amide bonds. The molecule has 2 N–H and O–H groups in total. The molecule has 0 bridgehead atoms. The molecule has 1 saturated carbocycles. The summed E-state index contributed by atoms with van der Waals surface area (Å²) in [6, 6.07) is 6.00. The first kappa shape index (κ1) is 18.6. The molecule has 8 heteroatoms. The van der Waals surface area contributed by atoms with Crippen molar-refractivity contribution in [2.24, 2.45) is 11.1 Å². The molecule has 3 heterocycles. The summed E-state index contributed by atoms with van der Waals surface area (Å²) in [5.41, 5.74) is 7.43. The summed E-state index contributed by atoms with van der Waals surface area (Å²) in [7, 11) is 0. The quantitative estimate of drug-likeness (QED) is 0.636. The van der Waals surface area contributed by atoms with Gasteiger partial charge in [-0.05, 0) is 43.2 Å². The number of anilines is 1. The smallest absolute Gasteiger partial charge is 0.211 e. The maximum absolute atomic E-state index is 6.37. The molecule has 2 aromatic heterocycles. The fraction of sp³-hybridized carbons (Fsp3) is 0.400. The van der Waals surface area contributed by atoms with Gasteiger partial charge in [-0.3, -0.25) is 4.40 Å². The molecule has 3 aromatic rings. The van der Waals surface area contributed by atoms with Crippen LogP contribution in [-0.2, 0) is 0 Å². The van der Waals surface area contributed by atoms with Gasteiger partial charge in [-0.15, -0.1) is 0 Å². The van der Waals surface area contributed by atoms with Gasteiger partial charge in [0.15, 0.2) is 5.65 Å². The Morgan fingerprint density at radius 1 is 1.18 bits per heavy atom. The van der Waals surface area contributed by atoms with Gasteiger partial charge in [0.05, 0.1) is 14.9 Å². The molecule has 1 aliphatic heterocycles. The fourth-order valence-electron chi connectivity index (χ4n) is 4.60. The molecule has 1 saturated heterocycles. The highest BCUT2D eigenvalue weighted by molar-refractivity contribution is 7.99. The van der Waals surface area contributed by atoms with Crippen LogP contribution in [0.1, 0.15) is 25.7 Å². The number of nitrogens with zero attached hydrogens (tertiary/aromatic N) is 4. The van der Waals surface area contributed by atoms with Crippen molar-refractivity contribution in [1.82, 2.24) is 14.4 Å². The lowest BCUT2D eigenvalue weighted by Crippen LogP contribution is -2.28. The molecule has 28 heavy (non-hydrogen) atoms. The first-order valence-electron chi connectivity index (χ1n) is 9.49. The fourth-order valence-corrected chi connectivity index (χ4v) is 6.00. The van der Waals surface area contributed by atoms with E-state index in [0.717, 1.165) is 47.3 Å². The van der Waals surface area contributed by atoms with Crippen molar-refractivity contribution in [3.8, 4) is 0 Å². The molecular weight excluding hydrogens is 413 g/mol. The van der Waals surface area contributed by atoms with Crippen LogP contribution in [-0.4, -0.2) is 33.5 Å². The maximum Gasteiger partial charge on any atom is 0.211 e. The third-order valence-electron chi connectivity index (χ3n) is 5.97. The topological polar surface area (TPSA) is 59.5 Å². The van der Waals surface area contributed by atoms with Gasteiger partial charge in [0.25, 0.3) is 0 Å². The van der Waals surface area contributed by atoms with E-state index >= 15 is 0 Å². The van der Waals surface area contributed by atoms with Crippen LogP contribution in [0.3, 0.4) is 0 Å². The van der Waals surface area contributed by atoms with E-state index in [4.69, 9.17) is 33.9 Å². The predicted octanol–water partition coefficient (Wildman–Crippen LogP) is 4.90. The van der Waals surface area contributed by atoms with E-state index in [0.29, 0.717) is 21.5 Å². The van der Waals surface area contributed by atoms with Crippen molar-refractivity contribution in [3.63, 3.8) is 0 Å². The average Bonchev–Trinajstić information content (AvgIpc) is 3.40. The van der Waals surface area contributed by atoms with Crippen molar-refractivity contribution in [3.05, 3.63) is 46.8 Å². The van der Waals surface area contributed by atoms with Crippen LogP contribution in [0.4, 0.5) is 5.95 Å². The van der Waals surface area contributed by atoms with Gasteiger partial charge in [-0.2, -0.15) is 0 Å².